The summed E-state index contributed by atoms with van der Waals surface area (Å²) in [5.74, 6) is -0.000573. The first-order chi connectivity index (χ1) is 20.0. The van der Waals surface area contributed by atoms with E-state index in [0.29, 0.717) is 36.4 Å². The van der Waals surface area contributed by atoms with E-state index in [1.807, 2.05) is 35.2 Å². The molecular weight excluding hydrogens is 607 g/mol. The number of benzene rings is 2. The van der Waals surface area contributed by atoms with Gasteiger partial charge in [-0.3, -0.25) is 9.59 Å². The first-order valence-corrected chi connectivity index (χ1v) is 15.4. The number of carbonyl (C=O) groups is 3. The molecule has 1 N–H and O–H groups in total. The van der Waals surface area contributed by atoms with E-state index >= 15 is 0 Å². The lowest BCUT2D eigenvalue weighted by atomic mass is 9.95. The van der Waals surface area contributed by atoms with Crippen LogP contribution in [0.2, 0.25) is 0 Å². The van der Waals surface area contributed by atoms with Gasteiger partial charge in [-0.2, -0.15) is 0 Å². The van der Waals surface area contributed by atoms with Gasteiger partial charge in [0.05, 0.1) is 10.4 Å². The number of carboxylic acid groups (broad SMARTS) is 1. The summed E-state index contributed by atoms with van der Waals surface area (Å²) in [6.07, 6.45) is 2.66. The molecule has 1 saturated carbocycles. The van der Waals surface area contributed by atoms with E-state index in [1.54, 1.807) is 24.8 Å². The zero-order valence-corrected chi connectivity index (χ0v) is 25.7. The average Bonchev–Trinajstić information content (AvgIpc) is 3.82. The minimum Gasteiger partial charge on any atom is -0.478 e. The highest BCUT2D eigenvalue weighted by Crippen LogP contribution is 2.34. The summed E-state index contributed by atoms with van der Waals surface area (Å²) in [6, 6.07) is 12.9. The molecule has 226 valence electrons. The Hall–Kier alpha value is -3.34. The van der Waals surface area contributed by atoms with Crippen molar-refractivity contribution in [3.63, 3.8) is 0 Å². The summed E-state index contributed by atoms with van der Waals surface area (Å²) in [5, 5.41) is 9.19. The Balaban J connectivity index is 1.22. The van der Waals surface area contributed by atoms with Crippen LogP contribution < -0.4 is 9.64 Å². The number of carbonyl (C=O) groups excluding carboxylic acids is 2. The Labute approximate surface area is 254 Å². The third-order valence-corrected chi connectivity index (χ3v) is 8.93. The zero-order valence-electron chi connectivity index (χ0n) is 24.1. The molecule has 0 radical (unpaired) electrons. The second kappa shape index (κ2) is 12.5. The van der Waals surface area contributed by atoms with Crippen molar-refractivity contribution < 1.29 is 28.6 Å². The van der Waals surface area contributed by atoms with Crippen LogP contribution in [0, 0.1) is 11.7 Å². The highest BCUT2D eigenvalue weighted by atomic mass is 79.9. The van der Waals surface area contributed by atoms with E-state index < -0.39 is 11.7 Å². The van der Waals surface area contributed by atoms with Crippen LogP contribution in [0.5, 0.6) is 5.75 Å². The highest BCUT2D eigenvalue weighted by Gasteiger charge is 2.38. The molecule has 0 unspecified atom stereocenters. The molecule has 3 aliphatic rings. The van der Waals surface area contributed by atoms with Crippen LogP contribution in [0.25, 0.3) is 0 Å². The lowest BCUT2D eigenvalue weighted by Gasteiger charge is -2.38. The molecule has 2 aromatic rings. The van der Waals surface area contributed by atoms with Crippen molar-refractivity contribution in [2.45, 2.75) is 57.7 Å². The van der Waals surface area contributed by atoms with Gasteiger partial charge in [0.2, 0.25) is 5.91 Å². The molecule has 2 aliphatic heterocycles. The summed E-state index contributed by atoms with van der Waals surface area (Å²) in [5.41, 5.74) is 0.576. The van der Waals surface area contributed by atoms with E-state index in [1.165, 1.54) is 11.0 Å². The number of amides is 3. The van der Waals surface area contributed by atoms with Gasteiger partial charge >= 0.3 is 6.09 Å². The van der Waals surface area contributed by atoms with Gasteiger partial charge in [-0.15, -0.1) is 0 Å². The molecule has 0 aromatic heterocycles. The number of hydrogen-bond acceptors (Lipinski definition) is 5. The van der Waals surface area contributed by atoms with Gasteiger partial charge in [0, 0.05) is 63.6 Å². The molecule has 0 spiro atoms. The monoisotopic (exact) mass is 644 g/mol. The van der Waals surface area contributed by atoms with Crippen LogP contribution in [-0.2, 0) is 16.1 Å². The maximum absolute atomic E-state index is 14.1. The Morgan fingerprint density at radius 3 is 2.40 bits per heavy atom. The molecule has 1 aliphatic carbocycles. The molecular formula is C31H38BrFN4O5. The van der Waals surface area contributed by atoms with Crippen molar-refractivity contribution in [1.29, 1.82) is 0 Å². The molecule has 3 amide bonds. The van der Waals surface area contributed by atoms with Gasteiger partial charge in [0.25, 0.3) is 5.91 Å². The predicted molar refractivity (Wildman–Crippen MR) is 160 cm³/mol. The van der Waals surface area contributed by atoms with E-state index in [0.717, 1.165) is 43.5 Å². The topological polar surface area (TPSA) is 93.6 Å². The van der Waals surface area contributed by atoms with Gasteiger partial charge in [-0.05, 0) is 85.3 Å². The summed E-state index contributed by atoms with van der Waals surface area (Å²) in [4.78, 5) is 45.3. The molecule has 3 fully saturated rings. The van der Waals surface area contributed by atoms with Crippen molar-refractivity contribution in [2.75, 3.05) is 44.2 Å². The summed E-state index contributed by atoms with van der Waals surface area (Å²) < 4.78 is 20.8. The molecule has 9 nitrogen and oxygen atoms in total. The Morgan fingerprint density at radius 2 is 1.74 bits per heavy atom. The minimum atomic E-state index is -1.14. The van der Waals surface area contributed by atoms with Crippen LogP contribution in [0.15, 0.2) is 46.9 Å². The lowest BCUT2D eigenvalue weighted by molar-refractivity contribution is -0.147. The van der Waals surface area contributed by atoms with Crippen molar-refractivity contribution >= 4 is 39.5 Å². The molecule has 11 heteroatoms. The first-order valence-electron chi connectivity index (χ1n) is 14.6. The van der Waals surface area contributed by atoms with Crippen molar-refractivity contribution in [1.82, 2.24) is 14.7 Å². The van der Waals surface area contributed by atoms with Crippen molar-refractivity contribution in [3.8, 4) is 5.75 Å². The summed E-state index contributed by atoms with van der Waals surface area (Å²) in [7, 11) is 0. The van der Waals surface area contributed by atoms with E-state index in [4.69, 9.17) is 4.74 Å². The van der Waals surface area contributed by atoms with E-state index in [2.05, 4.69) is 20.8 Å². The zero-order chi connectivity index (χ0) is 30.0. The molecule has 2 aromatic carbocycles. The van der Waals surface area contributed by atoms with Gasteiger partial charge in [-0.25, -0.2) is 9.18 Å². The standard InChI is InChI=1S/C31H38BrFN4O5/c1-31(2,29(39)34-13-15-35(16-14-34)30(40)41)42-25-7-3-6-24(18-25)36-12-4-5-22(20-36)28(38)37(23-9-10-23)19-21-8-11-26(32)27(33)17-21/h3,6-8,11,17-18,22-23H,4-5,9-10,12-16,19-20H2,1-2H3,(H,40,41)/t22-/m1/s1. The number of anilines is 1. The van der Waals surface area contributed by atoms with Crippen LogP contribution in [0.1, 0.15) is 45.1 Å². The van der Waals surface area contributed by atoms with Gasteiger partial charge in [-0.1, -0.05) is 12.1 Å². The number of rotatable bonds is 8. The van der Waals surface area contributed by atoms with E-state index in [9.17, 15) is 23.9 Å². The predicted octanol–water partition coefficient (Wildman–Crippen LogP) is 4.98. The number of nitrogens with zero attached hydrogens (tertiary/aromatic N) is 4. The van der Waals surface area contributed by atoms with Crippen molar-refractivity contribution in [3.05, 3.63) is 58.3 Å². The Kier molecular flexibility index (Phi) is 8.96. The van der Waals surface area contributed by atoms with Gasteiger partial charge in [0.1, 0.15) is 11.6 Å². The fourth-order valence-corrected chi connectivity index (χ4v) is 6.07. The third-order valence-electron chi connectivity index (χ3n) is 8.29. The largest absolute Gasteiger partial charge is 0.478 e. The Morgan fingerprint density at radius 1 is 1.02 bits per heavy atom. The SMILES string of the molecule is CC(C)(Oc1cccc(N2CCC[C@@H](C(=O)N(Cc3ccc(Br)c(F)c3)C3CC3)C2)c1)C(=O)N1CCN(C(=O)O)CC1. The third kappa shape index (κ3) is 6.99. The Bertz CT molecular complexity index is 1330. The smallest absolute Gasteiger partial charge is 0.407 e. The van der Waals surface area contributed by atoms with Crippen molar-refractivity contribution in [2.24, 2.45) is 5.92 Å². The molecule has 42 heavy (non-hydrogen) atoms. The van der Waals surface area contributed by atoms with E-state index in [-0.39, 0.29) is 42.7 Å². The van der Waals surface area contributed by atoms with Gasteiger partial charge in [0.15, 0.2) is 5.60 Å². The minimum absolute atomic E-state index is 0.118. The number of piperazine rings is 1. The number of hydrogen-bond donors (Lipinski definition) is 1. The number of halogens is 2. The average molecular weight is 646 g/mol. The second-order valence-electron chi connectivity index (χ2n) is 11.9. The molecule has 2 heterocycles. The quantitative estimate of drug-likeness (QED) is 0.436. The fourth-order valence-electron chi connectivity index (χ4n) is 5.82. The van der Waals surface area contributed by atoms with Crippen LogP contribution in [0.4, 0.5) is 14.9 Å². The molecule has 1 atom stereocenters. The highest BCUT2D eigenvalue weighted by molar-refractivity contribution is 9.10. The molecule has 2 saturated heterocycles. The maximum atomic E-state index is 14.1. The summed E-state index contributed by atoms with van der Waals surface area (Å²) in [6.45, 7) is 6.46. The van der Waals surface area contributed by atoms with Crippen LogP contribution in [0.3, 0.4) is 0 Å². The summed E-state index contributed by atoms with van der Waals surface area (Å²) >= 11 is 3.20. The van der Waals surface area contributed by atoms with Crippen LogP contribution in [-0.4, -0.2) is 88.6 Å². The first kappa shape index (κ1) is 30.1. The maximum Gasteiger partial charge on any atom is 0.407 e. The number of ether oxygens (including phenoxy) is 1. The van der Waals surface area contributed by atoms with Gasteiger partial charge < -0.3 is 29.4 Å². The number of piperidine rings is 1. The lowest BCUT2D eigenvalue weighted by Crippen LogP contribution is -2.56. The fraction of sp³-hybridized carbons (Fsp3) is 0.516. The molecule has 0 bridgehead atoms. The second-order valence-corrected chi connectivity index (χ2v) is 12.8. The van der Waals surface area contributed by atoms with Crippen LogP contribution >= 0.6 is 15.9 Å². The normalized spacial score (nSPS) is 19.4. The molecule has 5 rings (SSSR count).